The molecule has 1 aromatic carbocycles. The summed E-state index contributed by atoms with van der Waals surface area (Å²) >= 11 is 0. The quantitative estimate of drug-likeness (QED) is 0.141. The largest absolute Gasteiger partial charge is 0.573 e. The molecule has 2 aliphatic rings. The molecule has 2 aliphatic heterocycles. The molecule has 4 N–H and O–H groups in total. The van der Waals surface area contributed by atoms with E-state index in [1.807, 2.05) is 4.90 Å². The molecule has 250 valence electrons. The number of imidazole rings is 1. The fourth-order valence-corrected chi connectivity index (χ4v) is 5.10. The number of nitrogens with zero attached hydrogens (tertiary/aromatic N) is 5. The number of rotatable bonds is 12. The van der Waals surface area contributed by atoms with Crippen LogP contribution in [0.25, 0.3) is 11.2 Å². The number of aliphatic hydroxyl groups excluding tert-OH is 1. The van der Waals surface area contributed by atoms with Gasteiger partial charge in [-0.05, 0) is 17.7 Å². The molecular formula is C27H30F4N6O9. The lowest BCUT2D eigenvalue weighted by Gasteiger charge is -2.30. The fourth-order valence-electron chi connectivity index (χ4n) is 5.10. The number of benzene rings is 1. The molecule has 15 nitrogen and oxygen atoms in total. The number of carboxylic acids is 1. The van der Waals surface area contributed by atoms with Gasteiger partial charge in [0, 0.05) is 26.1 Å². The van der Waals surface area contributed by atoms with Gasteiger partial charge in [0.1, 0.15) is 36.4 Å². The average Bonchev–Trinajstić information content (AvgIpc) is 3.56. The Balaban J connectivity index is 1.37. The van der Waals surface area contributed by atoms with Crippen LogP contribution in [0, 0.1) is 0 Å². The first-order valence-corrected chi connectivity index (χ1v) is 14.0. The van der Waals surface area contributed by atoms with Crippen LogP contribution in [0.15, 0.2) is 36.9 Å². The van der Waals surface area contributed by atoms with Crippen LogP contribution in [0.1, 0.15) is 11.8 Å². The second-order valence-corrected chi connectivity index (χ2v) is 10.5. The lowest BCUT2D eigenvalue weighted by atomic mass is 9.93. The zero-order valence-corrected chi connectivity index (χ0v) is 24.0. The van der Waals surface area contributed by atoms with Crippen LogP contribution in [0.5, 0.6) is 5.75 Å². The number of aliphatic hydroxyl groups is 1. The van der Waals surface area contributed by atoms with E-state index in [1.54, 1.807) is 0 Å². The van der Waals surface area contributed by atoms with Crippen LogP contribution in [0.3, 0.4) is 0 Å². The zero-order valence-electron chi connectivity index (χ0n) is 24.0. The molecule has 1 unspecified atom stereocenters. The van der Waals surface area contributed by atoms with Crippen molar-refractivity contribution >= 4 is 28.9 Å². The number of ether oxygens (including phenoxy) is 5. The Morgan fingerprint density at radius 2 is 1.91 bits per heavy atom. The highest BCUT2D eigenvalue weighted by Gasteiger charge is 2.53. The Morgan fingerprint density at radius 3 is 2.63 bits per heavy atom. The van der Waals surface area contributed by atoms with Crippen molar-refractivity contribution in [1.29, 1.82) is 0 Å². The van der Waals surface area contributed by atoms with Crippen molar-refractivity contribution in [3.8, 4) is 5.75 Å². The van der Waals surface area contributed by atoms with Gasteiger partial charge in [-0.2, -0.15) is 0 Å². The summed E-state index contributed by atoms with van der Waals surface area (Å²) in [5.41, 5.74) is 3.09. The van der Waals surface area contributed by atoms with Crippen molar-refractivity contribution in [2.75, 3.05) is 51.8 Å². The van der Waals surface area contributed by atoms with Crippen LogP contribution in [-0.2, 0) is 35.0 Å². The molecule has 2 fully saturated rings. The maximum absolute atomic E-state index is 15.3. The number of carbonyl (C=O) groups excluding carboxylic acids is 1. The maximum Gasteiger partial charge on any atom is 0.573 e. The molecule has 5 atom stereocenters. The maximum atomic E-state index is 15.3. The minimum atomic E-state index is -5.04. The van der Waals surface area contributed by atoms with Gasteiger partial charge >= 0.3 is 18.3 Å². The Hall–Kier alpha value is -4.17. The van der Waals surface area contributed by atoms with Gasteiger partial charge in [0.2, 0.25) is 0 Å². The Labute approximate surface area is 257 Å². The summed E-state index contributed by atoms with van der Waals surface area (Å²) in [5, 5.41) is 21.0. The first kappa shape index (κ1) is 33.2. The van der Waals surface area contributed by atoms with Gasteiger partial charge in [-0.3, -0.25) is 9.47 Å². The third kappa shape index (κ3) is 7.28. The van der Waals surface area contributed by atoms with E-state index < -0.39 is 67.3 Å². The van der Waals surface area contributed by atoms with E-state index in [9.17, 15) is 33.0 Å². The second-order valence-electron chi connectivity index (χ2n) is 10.5. The number of fused-ring (bicyclic) bond motifs is 1. The first-order chi connectivity index (χ1) is 21.9. The number of nitrogens with two attached hydrogens (primary N) is 1. The number of carbonyl (C=O) groups is 2. The third-order valence-electron chi connectivity index (χ3n) is 7.45. The summed E-state index contributed by atoms with van der Waals surface area (Å²) in [5.74, 6) is -3.87. The molecular weight excluding hydrogens is 628 g/mol. The molecule has 0 radical (unpaired) electrons. The number of aromatic nitrogens is 4. The van der Waals surface area contributed by atoms with Crippen molar-refractivity contribution in [3.05, 3.63) is 42.5 Å². The molecule has 5 rings (SSSR count). The van der Waals surface area contributed by atoms with Crippen LogP contribution in [0.4, 0.5) is 23.4 Å². The lowest BCUT2D eigenvalue weighted by molar-refractivity contribution is -0.274. The number of halogens is 4. The summed E-state index contributed by atoms with van der Waals surface area (Å²) in [6.07, 6.45) is -10.5. The van der Waals surface area contributed by atoms with Gasteiger partial charge < -0.3 is 39.6 Å². The molecule has 2 saturated heterocycles. The van der Waals surface area contributed by atoms with Crippen molar-refractivity contribution in [2.24, 2.45) is 0 Å². The van der Waals surface area contributed by atoms with Gasteiger partial charge in [0.15, 0.2) is 23.9 Å². The van der Waals surface area contributed by atoms with Crippen LogP contribution >= 0.6 is 0 Å². The van der Waals surface area contributed by atoms with E-state index in [1.165, 1.54) is 18.5 Å². The van der Waals surface area contributed by atoms with Gasteiger partial charge in [0.05, 0.1) is 26.1 Å². The SMILES string of the molecule is Nc1ncnc2c1ncn2[C@@H]1O[C@H](COC(Cc2cccc(OC(F)(F)F)c2)(C(=O)O)C(=O)OCCN2CCOCC2)[C@@H](O)[C@@H]1F. The van der Waals surface area contributed by atoms with Crippen molar-refractivity contribution in [3.63, 3.8) is 0 Å². The minimum Gasteiger partial charge on any atom is -0.479 e. The van der Waals surface area contributed by atoms with Crippen LogP contribution < -0.4 is 10.5 Å². The number of hydrogen-bond acceptors (Lipinski definition) is 13. The molecule has 0 spiro atoms. The highest BCUT2D eigenvalue weighted by molar-refractivity contribution is 6.03. The molecule has 0 amide bonds. The van der Waals surface area contributed by atoms with Crippen molar-refractivity contribution in [1.82, 2.24) is 24.4 Å². The lowest BCUT2D eigenvalue weighted by Crippen LogP contribution is -2.54. The number of esters is 1. The molecule has 19 heteroatoms. The number of alkyl halides is 4. The van der Waals surface area contributed by atoms with Gasteiger partial charge in [0.25, 0.3) is 5.60 Å². The highest BCUT2D eigenvalue weighted by Crippen LogP contribution is 2.35. The number of morpholine rings is 1. The van der Waals surface area contributed by atoms with E-state index in [2.05, 4.69) is 19.7 Å². The first-order valence-electron chi connectivity index (χ1n) is 14.0. The predicted octanol–water partition coefficient (Wildman–Crippen LogP) is 0.862. The van der Waals surface area contributed by atoms with E-state index in [0.717, 1.165) is 23.0 Å². The molecule has 0 aliphatic carbocycles. The zero-order chi connectivity index (χ0) is 33.1. The molecule has 0 bridgehead atoms. The third-order valence-corrected chi connectivity index (χ3v) is 7.45. The molecule has 46 heavy (non-hydrogen) atoms. The fraction of sp³-hybridized carbons (Fsp3) is 0.519. The predicted molar refractivity (Wildman–Crippen MR) is 146 cm³/mol. The molecule has 2 aromatic heterocycles. The average molecular weight is 659 g/mol. The standard InChI is InChI=1S/C27H30F4N6O9/c28-18-20(38)17(45-23(18)37-14-35-19-21(32)33-13-34-22(19)37)12-44-26(24(39)40,25(41)43-9-6-36-4-7-42-8-5-36)11-15-2-1-3-16(10-15)46-27(29,30)31/h1-3,10,13-14,17-18,20,23,38H,4-9,11-12H2,(H,39,40)(H2,32,33,34)/t17-,18+,20-,23-,26?/m1/s1. The summed E-state index contributed by atoms with van der Waals surface area (Å²) < 4.78 is 80.9. The highest BCUT2D eigenvalue weighted by atomic mass is 19.4. The Morgan fingerprint density at radius 1 is 1.15 bits per heavy atom. The number of nitrogen functional groups attached to an aromatic ring is 1. The summed E-state index contributed by atoms with van der Waals surface area (Å²) in [6.45, 7) is 1.18. The number of carboxylic acid groups (broad SMARTS) is 1. The van der Waals surface area contributed by atoms with Gasteiger partial charge in [-0.1, -0.05) is 12.1 Å². The molecule has 4 heterocycles. The monoisotopic (exact) mass is 658 g/mol. The summed E-state index contributed by atoms with van der Waals surface area (Å²) in [6, 6.07) is 4.31. The Kier molecular flexibility index (Phi) is 9.87. The Bertz CT molecular complexity index is 1540. The normalized spacial score (nSPS) is 23.7. The summed E-state index contributed by atoms with van der Waals surface area (Å²) in [7, 11) is 0. The second kappa shape index (κ2) is 13.7. The van der Waals surface area contributed by atoms with E-state index >= 15 is 4.39 Å². The minimum absolute atomic E-state index is 0.0145. The van der Waals surface area contributed by atoms with Gasteiger partial charge in [-0.25, -0.2) is 28.9 Å². The number of aliphatic carboxylic acids is 1. The number of hydrogen-bond donors (Lipinski definition) is 3. The van der Waals surface area contributed by atoms with Crippen molar-refractivity contribution < 1.29 is 61.0 Å². The van der Waals surface area contributed by atoms with E-state index in [4.69, 9.17) is 24.7 Å². The molecule has 0 saturated carbocycles. The van der Waals surface area contributed by atoms with Crippen LogP contribution in [0.2, 0.25) is 0 Å². The summed E-state index contributed by atoms with van der Waals surface area (Å²) in [4.78, 5) is 40.0. The topological polar surface area (TPSA) is 194 Å². The van der Waals surface area contributed by atoms with Crippen molar-refractivity contribution in [2.45, 2.75) is 43.0 Å². The van der Waals surface area contributed by atoms with Crippen LogP contribution in [-0.4, -0.2) is 123 Å². The van der Waals surface area contributed by atoms with E-state index in [-0.39, 0.29) is 35.7 Å². The number of anilines is 1. The van der Waals surface area contributed by atoms with Gasteiger partial charge in [-0.15, -0.1) is 13.2 Å². The molecule has 3 aromatic rings. The smallest absolute Gasteiger partial charge is 0.479 e. The van der Waals surface area contributed by atoms with E-state index in [0.29, 0.717) is 26.3 Å².